The molecule has 0 bridgehead atoms. The van der Waals surface area contributed by atoms with E-state index in [0.29, 0.717) is 29.4 Å². The predicted molar refractivity (Wildman–Crippen MR) is 94.4 cm³/mol. The fourth-order valence-electron chi connectivity index (χ4n) is 2.59. The number of hydrogen-bond acceptors (Lipinski definition) is 3. The first-order valence-electron chi connectivity index (χ1n) is 7.35. The minimum atomic E-state index is -0.574. The fraction of sp³-hybridized carbons (Fsp3) is 0.176. The van der Waals surface area contributed by atoms with E-state index in [9.17, 15) is 14.7 Å². The molecular weight excluding hydrogens is 351 g/mol. The Morgan fingerprint density at radius 1 is 1.04 bits per heavy atom. The third-order valence-corrected chi connectivity index (χ3v) is 4.71. The van der Waals surface area contributed by atoms with Gasteiger partial charge in [0.1, 0.15) is 0 Å². The number of aromatic nitrogens is 2. The molecule has 0 fully saturated rings. The molecule has 0 spiro atoms. The van der Waals surface area contributed by atoms with Gasteiger partial charge in [-0.05, 0) is 24.5 Å². The van der Waals surface area contributed by atoms with E-state index in [0.717, 1.165) is 5.56 Å². The molecule has 24 heavy (non-hydrogen) atoms. The second kappa shape index (κ2) is 6.71. The van der Waals surface area contributed by atoms with Gasteiger partial charge in [-0.3, -0.25) is 9.59 Å². The lowest BCUT2D eigenvalue weighted by atomic mass is 10.1. The first-order chi connectivity index (χ1) is 11.5. The Morgan fingerprint density at radius 2 is 1.83 bits per heavy atom. The van der Waals surface area contributed by atoms with Gasteiger partial charge in [0.15, 0.2) is 11.3 Å². The molecule has 0 atom stereocenters. The number of aryl methyl sites for hydroxylation is 2. The van der Waals surface area contributed by atoms with E-state index in [-0.39, 0.29) is 5.52 Å². The van der Waals surface area contributed by atoms with Crippen LogP contribution in [-0.2, 0) is 13.0 Å². The highest BCUT2D eigenvalue weighted by atomic mass is 35.5. The number of fused-ring (bicyclic) bond motifs is 1. The summed E-state index contributed by atoms with van der Waals surface area (Å²) in [5.74, 6) is -0.533. The van der Waals surface area contributed by atoms with Crippen molar-refractivity contribution in [2.45, 2.75) is 19.4 Å². The Hall–Kier alpha value is -2.24. The number of aromatic hydroxyl groups is 1. The maximum absolute atomic E-state index is 12.5. The molecule has 1 N–H and O–H groups in total. The van der Waals surface area contributed by atoms with E-state index < -0.39 is 16.7 Å². The summed E-state index contributed by atoms with van der Waals surface area (Å²) in [5, 5.41) is 10.9. The van der Waals surface area contributed by atoms with Gasteiger partial charge in [0.25, 0.3) is 5.56 Å². The Morgan fingerprint density at radius 3 is 2.62 bits per heavy atom. The predicted octanol–water partition coefficient (Wildman–Crippen LogP) is 3.11. The second-order valence-corrected chi connectivity index (χ2v) is 6.18. The summed E-state index contributed by atoms with van der Waals surface area (Å²) >= 11 is 12.1. The topological polar surface area (TPSA) is 63.7 Å². The molecule has 0 radical (unpaired) electrons. The van der Waals surface area contributed by atoms with Crippen molar-refractivity contribution in [2.24, 2.45) is 0 Å². The van der Waals surface area contributed by atoms with Crippen LogP contribution in [-0.4, -0.2) is 14.1 Å². The Labute approximate surface area is 147 Å². The van der Waals surface area contributed by atoms with Crippen molar-refractivity contribution in [3.63, 3.8) is 0 Å². The van der Waals surface area contributed by atoms with Crippen LogP contribution in [0.2, 0.25) is 10.0 Å². The number of hydrogen-bond donors (Lipinski definition) is 1. The maximum Gasteiger partial charge on any atom is 0.278 e. The van der Waals surface area contributed by atoms with Crippen molar-refractivity contribution in [3.8, 4) is 5.75 Å². The lowest BCUT2D eigenvalue weighted by molar-refractivity contribution is 0.471. The zero-order chi connectivity index (χ0) is 17.3. The van der Waals surface area contributed by atoms with E-state index in [2.05, 4.69) is 0 Å². The summed E-state index contributed by atoms with van der Waals surface area (Å²) in [4.78, 5) is 24.0. The molecule has 2 heterocycles. The van der Waals surface area contributed by atoms with Crippen LogP contribution in [0.3, 0.4) is 0 Å². The maximum atomic E-state index is 12.5. The van der Waals surface area contributed by atoms with Gasteiger partial charge in [0, 0.05) is 31.2 Å². The lowest BCUT2D eigenvalue weighted by Crippen LogP contribution is -2.23. The quantitative estimate of drug-likeness (QED) is 0.773. The van der Waals surface area contributed by atoms with Crippen molar-refractivity contribution in [1.82, 2.24) is 8.97 Å². The molecule has 0 saturated heterocycles. The SMILES string of the molecule is O=c1ccn2ccn(CCCc3cccc(Cl)c3Cl)c(=O)c2c1O. The molecule has 0 aliphatic carbocycles. The van der Waals surface area contributed by atoms with Crippen molar-refractivity contribution in [1.29, 1.82) is 0 Å². The summed E-state index contributed by atoms with van der Waals surface area (Å²) in [6, 6.07) is 6.66. The molecule has 1 aromatic carbocycles. The smallest absolute Gasteiger partial charge is 0.278 e. The third kappa shape index (κ3) is 3.05. The van der Waals surface area contributed by atoms with Crippen molar-refractivity contribution in [2.75, 3.05) is 0 Å². The second-order valence-electron chi connectivity index (χ2n) is 5.40. The van der Waals surface area contributed by atoms with Crippen LogP contribution < -0.4 is 11.0 Å². The highest BCUT2D eigenvalue weighted by molar-refractivity contribution is 6.42. The molecule has 124 valence electrons. The fourth-order valence-corrected chi connectivity index (χ4v) is 3.00. The van der Waals surface area contributed by atoms with Gasteiger partial charge in [-0.2, -0.15) is 0 Å². The van der Waals surface area contributed by atoms with Gasteiger partial charge in [-0.25, -0.2) is 0 Å². The molecule has 0 saturated carbocycles. The highest BCUT2D eigenvalue weighted by Gasteiger charge is 2.10. The Bertz CT molecular complexity index is 1020. The van der Waals surface area contributed by atoms with Crippen LogP contribution in [0.1, 0.15) is 12.0 Å². The number of pyridine rings is 1. The molecule has 0 unspecified atom stereocenters. The largest absolute Gasteiger partial charge is 0.503 e. The van der Waals surface area contributed by atoms with Crippen LogP contribution in [0, 0.1) is 0 Å². The monoisotopic (exact) mass is 364 g/mol. The standard InChI is InChI=1S/C17H14Cl2N2O3/c18-12-5-1-3-11(14(12)19)4-2-7-21-10-9-20-8-6-13(22)16(23)15(20)17(21)24/h1,3,5-6,8-10,23H,2,4,7H2. The number of halogens is 2. The number of nitrogens with zero attached hydrogens (tertiary/aromatic N) is 2. The normalized spacial score (nSPS) is 11.1. The molecule has 3 rings (SSSR count). The minimum Gasteiger partial charge on any atom is -0.503 e. The molecule has 5 nitrogen and oxygen atoms in total. The van der Waals surface area contributed by atoms with E-state index in [1.807, 2.05) is 12.1 Å². The highest BCUT2D eigenvalue weighted by Crippen LogP contribution is 2.26. The summed E-state index contributed by atoms with van der Waals surface area (Å²) in [5.41, 5.74) is -0.0942. The van der Waals surface area contributed by atoms with Crippen molar-refractivity contribution >= 4 is 28.7 Å². The van der Waals surface area contributed by atoms with Gasteiger partial charge in [0.05, 0.1) is 10.0 Å². The number of benzene rings is 1. The first-order valence-corrected chi connectivity index (χ1v) is 8.11. The van der Waals surface area contributed by atoms with Gasteiger partial charge in [0.2, 0.25) is 5.43 Å². The summed E-state index contributed by atoms with van der Waals surface area (Å²) in [6.45, 7) is 0.431. The van der Waals surface area contributed by atoms with Gasteiger partial charge in [-0.15, -0.1) is 0 Å². The molecule has 2 aromatic heterocycles. The van der Waals surface area contributed by atoms with Crippen LogP contribution in [0.5, 0.6) is 5.75 Å². The summed E-state index contributed by atoms with van der Waals surface area (Å²) in [7, 11) is 0. The molecular formula is C17H14Cl2N2O3. The number of rotatable bonds is 4. The molecule has 0 aliphatic rings. The van der Waals surface area contributed by atoms with Gasteiger partial charge >= 0.3 is 0 Å². The van der Waals surface area contributed by atoms with Gasteiger partial charge < -0.3 is 14.1 Å². The average Bonchev–Trinajstić information content (AvgIpc) is 2.56. The minimum absolute atomic E-state index is 0.0224. The van der Waals surface area contributed by atoms with E-state index in [4.69, 9.17) is 23.2 Å². The van der Waals surface area contributed by atoms with Crippen LogP contribution >= 0.6 is 23.2 Å². The summed E-state index contributed by atoms with van der Waals surface area (Å²) < 4.78 is 2.90. The Kier molecular flexibility index (Phi) is 4.64. The first kappa shape index (κ1) is 16.6. The average molecular weight is 365 g/mol. The molecule has 0 amide bonds. The molecule has 0 aliphatic heterocycles. The third-order valence-electron chi connectivity index (χ3n) is 3.85. The van der Waals surface area contributed by atoms with Gasteiger partial charge in [-0.1, -0.05) is 35.3 Å². The van der Waals surface area contributed by atoms with E-state index >= 15 is 0 Å². The van der Waals surface area contributed by atoms with Crippen molar-refractivity contribution in [3.05, 3.63) is 79.0 Å². The zero-order valence-corrected chi connectivity index (χ0v) is 14.1. The molecule has 7 heteroatoms. The van der Waals surface area contributed by atoms with Crippen LogP contribution in [0.15, 0.2) is 52.4 Å². The van der Waals surface area contributed by atoms with Crippen LogP contribution in [0.4, 0.5) is 0 Å². The Balaban J connectivity index is 1.85. The lowest BCUT2D eigenvalue weighted by Gasteiger charge is -2.10. The van der Waals surface area contributed by atoms with Crippen LogP contribution in [0.25, 0.3) is 5.52 Å². The molecule has 3 aromatic rings. The summed E-state index contributed by atoms with van der Waals surface area (Å²) in [6.07, 6.45) is 6.02. The van der Waals surface area contributed by atoms with Crippen molar-refractivity contribution < 1.29 is 5.11 Å². The zero-order valence-electron chi connectivity index (χ0n) is 12.6. The van der Waals surface area contributed by atoms with E-state index in [1.54, 1.807) is 18.5 Å². The van der Waals surface area contributed by atoms with E-state index in [1.165, 1.54) is 21.2 Å².